The van der Waals surface area contributed by atoms with E-state index >= 15 is 0 Å². The average Bonchev–Trinajstić information content (AvgIpc) is 4.24. The fourth-order valence-electron chi connectivity index (χ4n) is 15.6. The van der Waals surface area contributed by atoms with Crippen molar-refractivity contribution in [1.29, 1.82) is 0 Å². The molecule has 68 heavy (non-hydrogen) atoms. The number of aliphatic hydroxyl groups is 2. The van der Waals surface area contributed by atoms with Crippen LogP contribution < -0.4 is 18.9 Å². The van der Waals surface area contributed by atoms with Gasteiger partial charge in [-0.05, 0) is 159 Å². The lowest BCUT2D eigenvalue weighted by atomic mass is 9.49. The number of esters is 2. The van der Waals surface area contributed by atoms with E-state index in [2.05, 4.69) is 9.80 Å². The molecule has 2 N–H and O–H groups in total. The lowest BCUT2D eigenvalue weighted by molar-refractivity contribution is -0.188. The SMILES string of the molecule is Cc1ccc(CC(=O)Oc2ccc3c4c2O[C@H]2C(=O)CC[C@@]5(O)[C@@H](C3)N(CC3CC3)CC[C@]425)c2c(C)ccc(CC(=O)Oc3ccc4c5c3O[C@H]3C(=O)CC[C@@]6(O)[C@@H](C4)N(CC4CC4)CC[C@]536)c12. The lowest BCUT2D eigenvalue weighted by Gasteiger charge is -2.62. The first-order chi connectivity index (χ1) is 32.8. The molecule has 12 heteroatoms. The summed E-state index contributed by atoms with van der Waals surface area (Å²) in [5.41, 5.74) is 3.22. The van der Waals surface area contributed by atoms with Crippen LogP contribution in [0.4, 0.5) is 0 Å². The molecule has 6 aliphatic carbocycles. The third-order valence-electron chi connectivity index (χ3n) is 19.0. The number of nitrogens with zero attached hydrogens (tertiary/aromatic N) is 2. The second-order valence-corrected chi connectivity index (χ2v) is 22.5. The van der Waals surface area contributed by atoms with Crippen LogP contribution in [0.2, 0.25) is 0 Å². The van der Waals surface area contributed by atoms with Crippen molar-refractivity contribution in [2.24, 2.45) is 11.8 Å². The molecule has 0 unspecified atom stereocenters. The van der Waals surface area contributed by atoms with Gasteiger partial charge in [0.25, 0.3) is 0 Å². The number of benzene rings is 4. The number of piperidine rings is 2. The van der Waals surface area contributed by atoms with Crippen LogP contribution in [-0.4, -0.2) is 105 Å². The number of fused-ring (bicyclic) bond motifs is 1. The van der Waals surface area contributed by atoms with Crippen molar-refractivity contribution < 1.29 is 48.3 Å². The Morgan fingerprint density at radius 1 is 0.618 bits per heavy atom. The van der Waals surface area contributed by atoms with Gasteiger partial charge in [0.1, 0.15) is 0 Å². The monoisotopic (exact) mass is 918 g/mol. The van der Waals surface area contributed by atoms with Crippen molar-refractivity contribution >= 4 is 34.3 Å². The van der Waals surface area contributed by atoms with Gasteiger partial charge in [-0.15, -0.1) is 0 Å². The molecule has 0 amide bonds. The number of aryl methyl sites for hydroxylation is 2. The zero-order valence-corrected chi connectivity index (χ0v) is 38.9. The number of likely N-dealkylation sites (tertiary alicyclic amines) is 2. The van der Waals surface area contributed by atoms with Crippen LogP contribution in [0, 0.1) is 25.7 Å². The molecule has 4 saturated carbocycles. The van der Waals surface area contributed by atoms with Crippen molar-refractivity contribution in [2.75, 3.05) is 26.2 Å². The van der Waals surface area contributed by atoms with Crippen LogP contribution >= 0.6 is 0 Å². The molecule has 4 aromatic rings. The molecule has 8 atom stereocenters. The van der Waals surface area contributed by atoms with E-state index in [1.807, 2.05) is 50.2 Å². The summed E-state index contributed by atoms with van der Waals surface area (Å²) >= 11 is 0. The first kappa shape index (κ1) is 41.8. The summed E-state index contributed by atoms with van der Waals surface area (Å²) in [7, 11) is 0. The highest BCUT2D eigenvalue weighted by Gasteiger charge is 2.75. The number of carbonyl (C=O) groups is 4. The summed E-state index contributed by atoms with van der Waals surface area (Å²) in [6.45, 7) is 7.51. The van der Waals surface area contributed by atoms with Gasteiger partial charge in [-0.2, -0.15) is 0 Å². The number of ketones is 2. The fraction of sp³-hybridized carbons (Fsp3) is 0.536. The number of hydrogen-bond acceptors (Lipinski definition) is 12. The van der Waals surface area contributed by atoms with Gasteiger partial charge < -0.3 is 29.2 Å². The Hall–Kier alpha value is -5.14. The van der Waals surface area contributed by atoms with Gasteiger partial charge >= 0.3 is 11.9 Å². The third-order valence-corrected chi connectivity index (χ3v) is 19.0. The summed E-state index contributed by atoms with van der Waals surface area (Å²) in [5.74, 6) is 1.72. The molecular formula is C56H58N2O10. The van der Waals surface area contributed by atoms with E-state index in [1.165, 1.54) is 25.7 Å². The Morgan fingerprint density at radius 2 is 1.04 bits per heavy atom. The molecule has 6 fully saturated rings. The van der Waals surface area contributed by atoms with E-state index in [0.717, 1.165) is 81.5 Å². The van der Waals surface area contributed by atoms with Crippen LogP contribution in [0.1, 0.15) is 109 Å². The highest BCUT2D eigenvalue weighted by molar-refractivity contribution is 5.98. The van der Waals surface area contributed by atoms with Crippen molar-refractivity contribution in [3.63, 3.8) is 0 Å². The van der Waals surface area contributed by atoms with Gasteiger partial charge in [0.05, 0.1) is 34.9 Å². The van der Waals surface area contributed by atoms with Crippen molar-refractivity contribution in [3.05, 3.63) is 93.0 Å². The standard InChI is InChI=1S/C56H58N2O10/c1-29-3-9-34(26-44(62)66-40-14-12-36-24-42-56(64)18-16-38(60)52-54(56,48(36)50(40)68-52)20-22-58(42)28-32-7-8-32)46-30(2)4-10-33(45(29)46)25-43(61)65-39-13-11-35-23-41-55(63)17-15-37(59)51-53(55,47(35)49(39)67-51)19-21-57(41)27-31-5-6-31/h3-4,9-14,31-32,41-42,51-52,63-64H,5-8,15-28H2,1-2H3/t41-,42-,51+,52+,53+,54+,55-,56-/m1/s1. The molecule has 4 aliphatic heterocycles. The van der Waals surface area contributed by atoms with Crippen molar-refractivity contribution in [3.8, 4) is 23.0 Å². The summed E-state index contributed by atoms with van der Waals surface area (Å²) in [6.07, 6.45) is 7.02. The minimum absolute atomic E-state index is 0.00822. The Bertz CT molecular complexity index is 2760. The summed E-state index contributed by atoms with van der Waals surface area (Å²) in [5, 5.41) is 27.2. The second kappa shape index (κ2) is 14.2. The number of ether oxygens (including phenoxy) is 4. The van der Waals surface area contributed by atoms with Crippen molar-refractivity contribution in [2.45, 2.75) is 150 Å². The Labute approximate surface area is 395 Å². The minimum atomic E-state index is -1.12. The van der Waals surface area contributed by atoms with Gasteiger partial charge in [-0.25, -0.2) is 0 Å². The molecule has 4 bridgehead atoms. The molecule has 2 saturated heterocycles. The molecular weight excluding hydrogens is 861 g/mol. The van der Waals surface area contributed by atoms with Crippen molar-refractivity contribution in [1.82, 2.24) is 9.80 Å². The zero-order valence-electron chi connectivity index (χ0n) is 38.9. The molecule has 0 radical (unpaired) electrons. The number of hydrogen-bond donors (Lipinski definition) is 2. The second-order valence-electron chi connectivity index (χ2n) is 22.5. The molecule has 12 nitrogen and oxygen atoms in total. The maximum Gasteiger partial charge on any atom is 0.315 e. The predicted octanol–water partition coefficient (Wildman–Crippen LogP) is 6.02. The number of rotatable bonds is 10. The molecule has 2 spiro atoms. The highest BCUT2D eigenvalue weighted by atomic mass is 16.6. The topological polar surface area (TPSA) is 152 Å². The van der Waals surface area contributed by atoms with E-state index in [-0.39, 0.29) is 60.8 Å². The smallest absolute Gasteiger partial charge is 0.315 e. The molecule has 0 aromatic heterocycles. The number of Topliss-reactive ketones (excluding diaryl/α,β-unsaturated/α-hetero) is 2. The summed E-state index contributed by atoms with van der Waals surface area (Å²) in [6, 6.07) is 15.2. The summed E-state index contributed by atoms with van der Waals surface area (Å²) < 4.78 is 25.6. The maximum absolute atomic E-state index is 14.1. The van der Waals surface area contributed by atoms with Crippen LogP contribution in [-0.2, 0) is 55.7 Å². The Kier molecular flexibility index (Phi) is 8.75. The van der Waals surface area contributed by atoms with Gasteiger partial charge in [0.2, 0.25) is 0 Å². The predicted molar refractivity (Wildman–Crippen MR) is 248 cm³/mol. The largest absolute Gasteiger partial charge is 0.477 e. The molecule has 14 rings (SSSR count). The van der Waals surface area contributed by atoms with Crippen LogP contribution in [0.5, 0.6) is 23.0 Å². The first-order valence-corrected chi connectivity index (χ1v) is 25.4. The lowest BCUT2D eigenvalue weighted by Crippen LogP contribution is -2.76. The highest BCUT2D eigenvalue weighted by Crippen LogP contribution is 2.67. The van der Waals surface area contributed by atoms with Gasteiger partial charge in [-0.1, -0.05) is 36.4 Å². The van der Waals surface area contributed by atoms with Gasteiger partial charge in [0.15, 0.2) is 46.8 Å². The Balaban J connectivity index is 0.737. The maximum atomic E-state index is 14.1. The van der Waals surface area contributed by atoms with Gasteiger partial charge in [0, 0.05) is 49.1 Å². The van der Waals surface area contributed by atoms with E-state index in [1.54, 1.807) is 12.1 Å². The van der Waals surface area contributed by atoms with Crippen LogP contribution in [0.25, 0.3) is 10.8 Å². The van der Waals surface area contributed by atoms with Crippen LogP contribution in [0.3, 0.4) is 0 Å². The molecule has 4 heterocycles. The number of carbonyl (C=O) groups excluding carboxylic acids is 4. The molecule has 10 aliphatic rings. The van der Waals surface area contributed by atoms with E-state index < -0.39 is 46.2 Å². The first-order valence-electron chi connectivity index (χ1n) is 25.4. The van der Waals surface area contributed by atoms with Crippen LogP contribution in [0.15, 0.2) is 48.5 Å². The van der Waals surface area contributed by atoms with Gasteiger partial charge in [-0.3, -0.25) is 29.0 Å². The fourth-order valence-corrected chi connectivity index (χ4v) is 15.6. The summed E-state index contributed by atoms with van der Waals surface area (Å²) in [4.78, 5) is 60.5. The molecule has 4 aromatic carbocycles. The van der Waals surface area contributed by atoms with E-state index in [0.29, 0.717) is 61.9 Å². The normalized spacial score (nSPS) is 33.7. The van der Waals surface area contributed by atoms with E-state index in [9.17, 15) is 29.4 Å². The molecule has 352 valence electrons. The average molecular weight is 919 g/mol. The quantitative estimate of drug-likeness (QED) is 0.142. The van der Waals surface area contributed by atoms with E-state index in [4.69, 9.17) is 18.9 Å². The minimum Gasteiger partial charge on any atom is -0.477 e. The zero-order chi connectivity index (χ0) is 46.2. The Morgan fingerprint density at radius 3 is 1.46 bits per heavy atom. The third kappa shape index (κ3) is 5.51.